The lowest BCUT2D eigenvalue weighted by Crippen LogP contribution is -2.35. The van der Waals surface area contributed by atoms with Crippen LogP contribution in [0.15, 0.2) is 47.0 Å². The SMILES string of the molecule is N#Cc1cnc2cc(-c3ccc(CN4CCC(O)CC4)o3)ccc2c1. The van der Waals surface area contributed by atoms with Gasteiger partial charge < -0.3 is 9.52 Å². The van der Waals surface area contributed by atoms with E-state index in [0.29, 0.717) is 5.56 Å². The van der Waals surface area contributed by atoms with Gasteiger partial charge in [-0.1, -0.05) is 12.1 Å². The fraction of sp³-hybridized carbons (Fsp3) is 0.300. The summed E-state index contributed by atoms with van der Waals surface area (Å²) in [5.41, 5.74) is 2.39. The average Bonchev–Trinajstić information content (AvgIpc) is 3.11. The van der Waals surface area contributed by atoms with E-state index < -0.39 is 0 Å². The third-order valence-electron chi connectivity index (χ3n) is 4.70. The van der Waals surface area contributed by atoms with Gasteiger partial charge in [0.1, 0.15) is 17.6 Å². The molecule has 1 fully saturated rings. The molecule has 4 rings (SSSR count). The van der Waals surface area contributed by atoms with E-state index in [1.807, 2.05) is 36.4 Å². The van der Waals surface area contributed by atoms with E-state index in [4.69, 9.17) is 9.68 Å². The van der Waals surface area contributed by atoms with E-state index >= 15 is 0 Å². The number of aromatic nitrogens is 1. The van der Waals surface area contributed by atoms with Gasteiger partial charge in [-0.3, -0.25) is 9.88 Å². The van der Waals surface area contributed by atoms with Crippen molar-refractivity contribution in [3.63, 3.8) is 0 Å². The van der Waals surface area contributed by atoms with E-state index in [-0.39, 0.29) is 6.10 Å². The summed E-state index contributed by atoms with van der Waals surface area (Å²) in [4.78, 5) is 6.66. The zero-order valence-electron chi connectivity index (χ0n) is 13.9. The van der Waals surface area contributed by atoms with Gasteiger partial charge >= 0.3 is 0 Å². The molecule has 0 atom stereocenters. The molecule has 0 radical (unpaired) electrons. The van der Waals surface area contributed by atoms with Gasteiger partial charge in [0.15, 0.2) is 0 Å². The average molecular weight is 333 g/mol. The standard InChI is InChI=1S/C20H19N3O2/c21-11-14-9-15-1-2-16(10-19(15)22-12-14)20-4-3-18(25-20)13-23-7-5-17(24)6-8-23/h1-4,9-10,12,17,24H,5-8,13H2. The highest BCUT2D eigenvalue weighted by Gasteiger charge is 2.18. The van der Waals surface area contributed by atoms with Crippen molar-refractivity contribution in [3.05, 3.63) is 53.9 Å². The molecular weight excluding hydrogens is 314 g/mol. The Hall–Kier alpha value is -2.68. The zero-order chi connectivity index (χ0) is 17.2. The maximum absolute atomic E-state index is 9.59. The van der Waals surface area contributed by atoms with Gasteiger partial charge in [0.2, 0.25) is 0 Å². The second-order valence-corrected chi connectivity index (χ2v) is 6.52. The molecule has 1 saturated heterocycles. The van der Waals surface area contributed by atoms with Crippen molar-refractivity contribution < 1.29 is 9.52 Å². The maximum Gasteiger partial charge on any atom is 0.134 e. The van der Waals surface area contributed by atoms with E-state index in [1.165, 1.54) is 0 Å². The van der Waals surface area contributed by atoms with Gasteiger partial charge in [-0.05, 0) is 37.1 Å². The molecule has 0 unspecified atom stereocenters. The second-order valence-electron chi connectivity index (χ2n) is 6.52. The molecule has 1 aliphatic heterocycles. The van der Waals surface area contributed by atoms with Crippen molar-refractivity contribution in [2.75, 3.05) is 13.1 Å². The van der Waals surface area contributed by atoms with Crippen LogP contribution in [-0.2, 0) is 6.54 Å². The van der Waals surface area contributed by atoms with E-state index in [2.05, 4.69) is 16.0 Å². The Balaban J connectivity index is 1.53. The number of pyridine rings is 1. The van der Waals surface area contributed by atoms with Crippen LogP contribution in [0.4, 0.5) is 0 Å². The van der Waals surface area contributed by atoms with E-state index in [1.54, 1.807) is 6.20 Å². The molecule has 1 aromatic carbocycles. The van der Waals surface area contributed by atoms with Crippen molar-refractivity contribution in [3.8, 4) is 17.4 Å². The molecule has 2 aromatic heterocycles. The minimum atomic E-state index is -0.157. The first-order valence-corrected chi connectivity index (χ1v) is 8.51. The number of benzene rings is 1. The molecule has 0 amide bonds. The van der Waals surface area contributed by atoms with Crippen molar-refractivity contribution in [1.29, 1.82) is 5.26 Å². The Kier molecular flexibility index (Phi) is 4.22. The van der Waals surface area contributed by atoms with Crippen LogP contribution in [-0.4, -0.2) is 34.2 Å². The third kappa shape index (κ3) is 3.41. The second kappa shape index (κ2) is 6.67. The Morgan fingerprint density at radius 2 is 2.04 bits per heavy atom. The number of nitriles is 1. The summed E-state index contributed by atoms with van der Waals surface area (Å²) in [6.45, 7) is 2.57. The summed E-state index contributed by atoms with van der Waals surface area (Å²) in [5.74, 6) is 1.75. The Morgan fingerprint density at radius 1 is 1.20 bits per heavy atom. The first-order valence-electron chi connectivity index (χ1n) is 8.51. The van der Waals surface area contributed by atoms with Crippen LogP contribution in [0.5, 0.6) is 0 Å². The molecular formula is C20H19N3O2. The number of likely N-dealkylation sites (tertiary alicyclic amines) is 1. The van der Waals surface area contributed by atoms with Crippen LogP contribution in [0.2, 0.25) is 0 Å². The van der Waals surface area contributed by atoms with Gasteiger partial charge in [-0.2, -0.15) is 5.26 Å². The minimum Gasteiger partial charge on any atom is -0.460 e. The van der Waals surface area contributed by atoms with Crippen LogP contribution < -0.4 is 0 Å². The number of aliphatic hydroxyl groups is 1. The van der Waals surface area contributed by atoms with Crippen molar-refractivity contribution >= 4 is 10.9 Å². The predicted octanol–water partition coefficient (Wildman–Crippen LogP) is 3.32. The Bertz CT molecular complexity index is 934. The Labute approximate surface area is 146 Å². The van der Waals surface area contributed by atoms with Gasteiger partial charge in [-0.25, -0.2) is 0 Å². The van der Waals surface area contributed by atoms with Crippen LogP contribution in [0.25, 0.3) is 22.2 Å². The number of piperidine rings is 1. The first kappa shape index (κ1) is 15.8. The van der Waals surface area contributed by atoms with Crippen molar-refractivity contribution in [2.45, 2.75) is 25.5 Å². The number of hydrogen-bond donors (Lipinski definition) is 1. The van der Waals surface area contributed by atoms with Crippen molar-refractivity contribution in [2.24, 2.45) is 0 Å². The molecule has 0 aliphatic carbocycles. The normalized spacial score (nSPS) is 16.2. The lowest BCUT2D eigenvalue weighted by atomic mass is 10.1. The van der Waals surface area contributed by atoms with Crippen LogP contribution in [0.3, 0.4) is 0 Å². The van der Waals surface area contributed by atoms with Gasteiger partial charge in [0, 0.05) is 30.2 Å². The minimum absolute atomic E-state index is 0.157. The number of nitrogens with zero attached hydrogens (tertiary/aromatic N) is 3. The summed E-state index contributed by atoms with van der Waals surface area (Å²) in [6.07, 6.45) is 3.09. The summed E-state index contributed by atoms with van der Waals surface area (Å²) in [6, 6.07) is 13.9. The number of furan rings is 1. The predicted molar refractivity (Wildman–Crippen MR) is 94.7 cm³/mol. The maximum atomic E-state index is 9.59. The zero-order valence-corrected chi connectivity index (χ0v) is 13.9. The van der Waals surface area contributed by atoms with Gasteiger partial charge in [0.05, 0.1) is 23.7 Å². The molecule has 0 bridgehead atoms. The first-order chi connectivity index (χ1) is 12.2. The number of hydrogen-bond acceptors (Lipinski definition) is 5. The molecule has 3 heterocycles. The molecule has 126 valence electrons. The molecule has 0 saturated carbocycles. The van der Waals surface area contributed by atoms with Gasteiger partial charge in [0.25, 0.3) is 0 Å². The summed E-state index contributed by atoms with van der Waals surface area (Å²) in [5, 5.41) is 19.5. The monoisotopic (exact) mass is 333 g/mol. The largest absolute Gasteiger partial charge is 0.460 e. The molecule has 3 aromatic rings. The summed E-state index contributed by atoms with van der Waals surface area (Å²) in [7, 11) is 0. The smallest absolute Gasteiger partial charge is 0.134 e. The van der Waals surface area contributed by atoms with Crippen LogP contribution in [0, 0.1) is 11.3 Å². The van der Waals surface area contributed by atoms with Gasteiger partial charge in [-0.15, -0.1) is 0 Å². The molecule has 25 heavy (non-hydrogen) atoms. The Morgan fingerprint density at radius 3 is 2.84 bits per heavy atom. The molecule has 5 heteroatoms. The third-order valence-corrected chi connectivity index (χ3v) is 4.70. The fourth-order valence-electron chi connectivity index (χ4n) is 3.25. The number of fused-ring (bicyclic) bond motifs is 1. The van der Waals surface area contributed by atoms with E-state index in [9.17, 15) is 5.11 Å². The number of aliphatic hydroxyl groups excluding tert-OH is 1. The highest BCUT2D eigenvalue weighted by molar-refractivity contribution is 5.84. The van der Waals surface area contributed by atoms with Crippen LogP contribution in [0.1, 0.15) is 24.2 Å². The van der Waals surface area contributed by atoms with E-state index in [0.717, 1.165) is 60.5 Å². The molecule has 1 aliphatic rings. The highest BCUT2D eigenvalue weighted by atomic mass is 16.3. The molecule has 0 spiro atoms. The summed E-state index contributed by atoms with van der Waals surface area (Å²) >= 11 is 0. The fourth-order valence-corrected chi connectivity index (χ4v) is 3.25. The molecule has 5 nitrogen and oxygen atoms in total. The highest BCUT2D eigenvalue weighted by Crippen LogP contribution is 2.26. The van der Waals surface area contributed by atoms with Crippen molar-refractivity contribution in [1.82, 2.24) is 9.88 Å². The number of rotatable bonds is 3. The quantitative estimate of drug-likeness (QED) is 0.796. The lowest BCUT2D eigenvalue weighted by molar-refractivity contribution is 0.0761. The molecule has 1 N–H and O–H groups in total. The lowest BCUT2D eigenvalue weighted by Gasteiger charge is -2.28. The summed E-state index contributed by atoms with van der Waals surface area (Å²) < 4.78 is 6.01. The topological polar surface area (TPSA) is 73.3 Å². The van der Waals surface area contributed by atoms with Crippen LogP contribution >= 0.6 is 0 Å².